The van der Waals surface area contributed by atoms with Crippen LogP contribution in [0.4, 0.5) is 0 Å². The molecule has 0 spiro atoms. The van der Waals surface area contributed by atoms with Crippen LogP contribution in [0.3, 0.4) is 0 Å². The van der Waals surface area contributed by atoms with Gasteiger partial charge in [0.25, 0.3) is 0 Å². The van der Waals surface area contributed by atoms with Crippen molar-refractivity contribution in [2.24, 2.45) is 5.92 Å². The van der Waals surface area contributed by atoms with E-state index in [1.54, 1.807) is 0 Å². The van der Waals surface area contributed by atoms with Gasteiger partial charge in [0.1, 0.15) is 0 Å². The van der Waals surface area contributed by atoms with Crippen molar-refractivity contribution in [3.05, 3.63) is 54.0 Å². The third-order valence-electron chi connectivity index (χ3n) is 2.80. The van der Waals surface area contributed by atoms with E-state index in [0.717, 1.165) is 0 Å². The molecule has 1 aromatic rings. The molecule has 0 saturated heterocycles. The lowest BCUT2D eigenvalue weighted by Crippen LogP contribution is -2.22. The van der Waals surface area contributed by atoms with Gasteiger partial charge in [0.15, 0.2) is 0 Å². The molecule has 2 aliphatic rings. The van der Waals surface area contributed by atoms with Gasteiger partial charge in [-0.15, -0.1) is 0 Å². The molecule has 0 bridgehead atoms. The van der Waals surface area contributed by atoms with Gasteiger partial charge in [0.05, 0.1) is 0 Å². The maximum absolute atomic E-state index is 2.38. The highest BCUT2D eigenvalue weighted by atomic mass is 127. The smallest absolute Gasteiger partial charge is 0.0227 e. The minimum Gasteiger partial charge on any atom is -0.0652 e. The van der Waals surface area contributed by atoms with Gasteiger partial charge in [-0.25, -0.2) is 0 Å². The normalized spacial score (nSPS) is 21.9. The zero-order chi connectivity index (χ0) is 10.4. The first kappa shape index (κ1) is 10.1. The monoisotopic (exact) mass is 418 g/mol. The molecule has 0 nitrogen and oxygen atoms in total. The maximum Gasteiger partial charge on any atom is 0.0227 e. The summed E-state index contributed by atoms with van der Waals surface area (Å²) in [6.07, 6.45) is 9.12. The molecule has 0 heterocycles. The van der Waals surface area contributed by atoms with E-state index in [-0.39, 0.29) is 0 Å². The SMILES string of the molecule is IC1=C[C@@H]2C=c3cc(I)ccc3=C2C=C1. The molecule has 0 aromatic heterocycles. The van der Waals surface area contributed by atoms with E-state index in [9.17, 15) is 0 Å². The predicted octanol–water partition coefficient (Wildman–Crippen LogP) is 2.74. The molecule has 0 unspecified atom stereocenters. The summed E-state index contributed by atoms with van der Waals surface area (Å²) in [6.45, 7) is 0. The van der Waals surface area contributed by atoms with Crippen LogP contribution in [0.15, 0.2) is 40.0 Å². The number of benzene rings is 1. The lowest BCUT2D eigenvalue weighted by molar-refractivity contribution is 1.17. The van der Waals surface area contributed by atoms with Gasteiger partial charge in [0.2, 0.25) is 0 Å². The third kappa shape index (κ3) is 1.71. The summed E-state index contributed by atoms with van der Waals surface area (Å²) < 4.78 is 2.64. The Morgan fingerprint density at radius 2 is 1.87 bits per heavy atom. The summed E-state index contributed by atoms with van der Waals surface area (Å²) in [4.78, 5) is 0. The van der Waals surface area contributed by atoms with Gasteiger partial charge in [-0.1, -0.05) is 24.3 Å². The molecule has 1 aromatic carbocycles. The minimum absolute atomic E-state index is 0.495. The highest BCUT2D eigenvalue weighted by Gasteiger charge is 2.16. The van der Waals surface area contributed by atoms with Crippen LogP contribution in [0.25, 0.3) is 11.6 Å². The van der Waals surface area contributed by atoms with Crippen molar-refractivity contribution in [3.63, 3.8) is 0 Å². The van der Waals surface area contributed by atoms with Crippen LogP contribution in [0, 0.1) is 9.49 Å². The zero-order valence-corrected chi connectivity index (χ0v) is 12.2. The van der Waals surface area contributed by atoms with Crippen molar-refractivity contribution < 1.29 is 0 Å². The molecule has 3 rings (SSSR count). The average Bonchev–Trinajstić information content (AvgIpc) is 2.53. The average molecular weight is 418 g/mol. The fraction of sp³-hybridized carbons (Fsp3) is 0.0769. The van der Waals surface area contributed by atoms with Gasteiger partial charge >= 0.3 is 0 Å². The van der Waals surface area contributed by atoms with Gasteiger partial charge in [0, 0.05) is 13.1 Å². The Bertz CT molecular complexity index is 606. The van der Waals surface area contributed by atoms with Gasteiger partial charge in [-0.3, -0.25) is 0 Å². The van der Waals surface area contributed by atoms with Crippen LogP contribution in [0.2, 0.25) is 0 Å². The predicted molar refractivity (Wildman–Crippen MR) is 81.0 cm³/mol. The number of hydrogen-bond donors (Lipinski definition) is 0. The highest BCUT2D eigenvalue weighted by Crippen LogP contribution is 2.28. The molecule has 0 fully saturated rings. The first-order chi connectivity index (χ1) is 7.24. The van der Waals surface area contributed by atoms with Crippen LogP contribution >= 0.6 is 45.2 Å². The molecular formula is C13H8I2. The van der Waals surface area contributed by atoms with E-state index in [2.05, 4.69) is 87.7 Å². The molecular weight excluding hydrogens is 410 g/mol. The standard InChI is InChI=1S/C13H8I2/c14-10-1-3-12-8(6-10)5-9-7-11(15)2-4-13(9)12/h1-8H/t8-/m0/s1. The number of hydrogen-bond acceptors (Lipinski definition) is 0. The van der Waals surface area contributed by atoms with Crippen molar-refractivity contribution in [3.8, 4) is 0 Å². The summed E-state index contributed by atoms with van der Waals surface area (Å²) >= 11 is 4.75. The van der Waals surface area contributed by atoms with E-state index in [4.69, 9.17) is 0 Å². The first-order valence-corrected chi connectivity index (χ1v) is 6.97. The Morgan fingerprint density at radius 3 is 2.73 bits per heavy atom. The van der Waals surface area contributed by atoms with E-state index >= 15 is 0 Å². The van der Waals surface area contributed by atoms with Gasteiger partial charge < -0.3 is 0 Å². The third-order valence-corrected chi connectivity index (χ3v) is 4.19. The lowest BCUT2D eigenvalue weighted by Gasteiger charge is -2.10. The molecule has 74 valence electrons. The molecule has 0 saturated carbocycles. The Kier molecular flexibility index (Phi) is 2.51. The molecule has 0 aliphatic heterocycles. The molecule has 0 radical (unpaired) electrons. The van der Waals surface area contributed by atoms with Crippen molar-refractivity contribution in [1.82, 2.24) is 0 Å². The summed E-state index contributed by atoms with van der Waals surface area (Å²) in [5.41, 5.74) is 1.45. The molecule has 0 amide bonds. The fourth-order valence-corrected chi connectivity index (χ4v) is 3.21. The van der Waals surface area contributed by atoms with Crippen molar-refractivity contribution in [1.29, 1.82) is 0 Å². The number of fused-ring (bicyclic) bond motifs is 2. The van der Waals surface area contributed by atoms with E-state index in [0.29, 0.717) is 5.92 Å². The second-order valence-corrected chi connectivity index (χ2v) is 6.26. The first-order valence-electron chi connectivity index (χ1n) is 4.81. The van der Waals surface area contributed by atoms with Crippen LogP contribution in [0.5, 0.6) is 0 Å². The molecule has 2 heteroatoms. The number of halogens is 2. The minimum atomic E-state index is 0.495. The Morgan fingerprint density at radius 1 is 1.00 bits per heavy atom. The largest absolute Gasteiger partial charge is 0.0652 e. The van der Waals surface area contributed by atoms with Crippen LogP contribution < -0.4 is 10.4 Å². The zero-order valence-electron chi connectivity index (χ0n) is 7.87. The second kappa shape index (κ2) is 3.73. The van der Waals surface area contributed by atoms with Gasteiger partial charge in [-0.2, -0.15) is 0 Å². The fourth-order valence-electron chi connectivity index (χ4n) is 2.13. The van der Waals surface area contributed by atoms with Gasteiger partial charge in [-0.05, 0) is 79.4 Å². The lowest BCUT2D eigenvalue weighted by atomic mass is 9.97. The molecule has 0 N–H and O–H groups in total. The molecule has 15 heavy (non-hydrogen) atoms. The summed E-state index contributed by atoms with van der Waals surface area (Å²) in [5, 5.41) is 2.78. The Labute approximate surface area is 116 Å². The number of rotatable bonds is 0. The topological polar surface area (TPSA) is 0 Å². The van der Waals surface area contributed by atoms with Crippen molar-refractivity contribution in [2.45, 2.75) is 0 Å². The van der Waals surface area contributed by atoms with E-state index in [1.807, 2.05) is 0 Å². The Balaban J connectivity index is 2.34. The quantitative estimate of drug-likeness (QED) is 0.569. The van der Waals surface area contributed by atoms with Crippen LogP contribution in [-0.4, -0.2) is 0 Å². The van der Waals surface area contributed by atoms with E-state index in [1.165, 1.54) is 23.2 Å². The van der Waals surface area contributed by atoms with Crippen molar-refractivity contribution in [2.75, 3.05) is 0 Å². The molecule has 1 atom stereocenters. The molecule has 2 aliphatic carbocycles. The van der Waals surface area contributed by atoms with Crippen LogP contribution in [-0.2, 0) is 0 Å². The van der Waals surface area contributed by atoms with Crippen molar-refractivity contribution >= 4 is 56.8 Å². The summed E-state index contributed by atoms with van der Waals surface area (Å²) in [6, 6.07) is 6.68. The second-order valence-electron chi connectivity index (χ2n) is 3.76. The van der Waals surface area contributed by atoms with E-state index < -0.39 is 0 Å². The van der Waals surface area contributed by atoms with Crippen LogP contribution in [0.1, 0.15) is 0 Å². The Hall–Kier alpha value is -0.100. The summed E-state index contributed by atoms with van der Waals surface area (Å²) in [5.74, 6) is 0.495. The summed E-state index contributed by atoms with van der Waals surface area (Å²) in [7, 11) is 0. The highest BCUT2D eigenvalue weighted by molar-refractivity contribution is 14.1. The number of allylic oxidation sites excluding steroid dienone is 4. The maximum atomic E-state index is 2.38.